The highest BCUT2D eigenvalue weighted by Crippen LogP contribution is 2.45. The summed E-state index contributed by atoms with van der Waals surface area (Å²) in [6, 6.07) is 109. The number of hydrogen-bond donors (Lipinski definition) is 0. The number of benzene rings is 15. The van der Waals surface area contributed by atoms with Gasteiger partial charge in [0.2, 0.25) is 23.9 Å². The van der Waals surface area contributed by atoms with Gasteiger partial charge in [-0.15, -0.1) is 0 Å². The van der Waals surface area contributed by atoms with Crippen LogP contribution in [0.15, 0.2) is 364 Å². The van der Waals surface area contributed by atoms with Crippen LogP contribution in [0, 0.1) is 34.6 Å². The molecule has 0 aliphatic carbocycles. The molecular formula is C116H102O21. The summed E-state index contributed by atoms with van der Waals surface area (Å²) in [6.45, 7) is 8.47. The van der Waals surface area contributed by atoms with Crippen LogP contribution in [0.2, 0.25) is 0 Å². The van der Waals surface area contributed by atoms with E-state index in [1.807, 2.05) is 317 Å². The van der Waals surface area contributed by atoms with Crippen molar-refractivity contribution in [2.24, 2.45) is 0 Å². The maximum absolute atomic E-state index is 16.4. The van der Waals surface area contributed by atoms with E-state index in [2.05, 4.69) is 0 Å². The monoisotopic (exact) mass is 1830 g/mol. The van der Waals surface area contributed by atoms with Crippen molar-refractivity contribution in [1.82, 2.24) is 0 Å². The van der Waals surface area contributed by atoms with Gasteiger partial charge >= 0.3 is 29.8 Å². The molecule has 0 radical (unpaired) electrons. The highest BCUT2D eigenvalue weighted by Gasteiger charge is 2.55. The Kier molecular flexibility index (Phi) is 31.7. The molecule has 5 atom stereocenters. The van der Waals surface area contributed by atoms with E-state index < -0.39 is 67.2 Å². The molecule has 0 bridgehead atoms. The van der Waals surface area contributed by atoms with E-state index in [1.165, 1.54) is 48.5 Å². The van der Waals surface area contributed by atoms with Crippen LogP contribution in [-0.2, 0) is 94.5 Å². The van der Waals surface area contributed by atoms with E-state index in [9.17, 15) is 0 Å². The van der Waals surface area contributed by atoms with Gasteiger partial charge < -0.3 is 75.8 Å². The van der Waals surface area contributed by atoms with Gasteiger partial charge in [-0.05, 0) is 179 Å². The first-order valence-electron chi connectivity index (χ1n) is 45.1. The van der Waals surface area contributed by atoms with E-state index in [-0.39, 0.29) is 134 Å². The second kappa shape index (κ2) is 46.3. The lowest BCUT2D eigenvalue weighted by molar-refractivity contribution is -0.282. The number of rotatable bonds is 41. The van der Waals surface area contributed by atoms with Crippen molar-refractivity contribution in [3.05, 3.63) is 475 Å². The van der Waals surface area contributed by atoms with Gasteiger partial charge in [-0.25, -0.2) is 24.0 Å². The topological polar surface area (TPSA) is 233 Å². The van der Waals surface area contributed by atoms with Crippen molar-refractivity contribution in [3.8, 4) is 57.5 Å². The van der Waals surface area contributed by atoms with E-state index in [0.29, 0.717) is 45.1 Å². The minimum absolute atomic E-state index is 0.00688. The molecular weight excluding hydrogens is 1730 g/mol. The summed E-state index contributed by atoms with van der Waals surface area (Å²) >= 11 is 0. The minimum atomic E-state index is -2.26. The number of ether oxygens (including phenoxy) is 16. The molecule has 0 N–H and O–H groups in total. The minimum Gasteiger partial charge on any atom is -0.489 e. The molecule has 16 rings (SSSR count). The summed E-state index contributed by atoms with van der Waals surface area (Å²) in [5.74, 6) is -3.90. The Morgan fingerprint density at radius 3 is 0.723 bits per heavy atom. The van der Waals surface area contributed by atoms with Crippen molar-refractivity contribution >= 4 is 29.8 Å². The zero-order chi connectivity index (χ0) is 94.6. The van der Waals surface area contributed by atoms with Gasteiger partial charge in [-0.3, -0.25) is 0 Å². The third kappa shape index (κ3) is 25.5. The molecule has 0 amide bonds. The molecule has 1 aliphatic rings. The molecule has 0 aromatic heterocycles. The van der Waals surface area contributed by atoms with E-state index in [0.717, 1.165) is 55.6 Å². The zero-order valence-corrected chi connectivity index (χ0v) is 76.4. The molecule has 1 aliphatic heterocycles. The smallest absolute Gasteiger partial charge is 0.340 e. The fraction of sp³-hybridized carbons (Fsp3) is 0.181. The average Bonchev–Trinajstić information content (AvgIpc) is 0.762. The van der Waals surface area contributed by atoms with E-state index >= 15 is 24.0 Å². The molecule has 15 aromatic rings. The Morgan fingerprint density at radius 1 is 0.219 bits per heavy atom. The lowest BCUT2D eigenvalue weighted by Crippen LogP contribution is -2.63. The molecule has 1 fully saturated rings. The van der Waals surface area contributed by atoms with Gasteiger partial charge in [-0.1, -0.05) is 303 Å². The Morgan fingerprint density at radius 2 is 0.431 bits per heavy atom. The quantitative estimate of drug-likeness (QED) is 0.0256. The summed E-state index contributed by atoms with van der Waals surface area (Å²) in [7, 11) is 0. The Labute approximate surface area is 795 Å². The largest absolute Gasteiger partial charge is 0.489 e. The van der Waals surface area contributed by atoms with E-state index in [1.54, 1.807) is 32.9 Å². The van der Waals surface area contributed by atoms with Gasteiger partial charge in [0.1, 0.15) is 90.3 Å². The predicted molar refractivity (Wildman–Crippen MR) is 516 cm³/mol. The molecule has 1 heterocycles. The first kappa shape index (κ1) is 93.8. The van der Waals surface area contributed by atoms with Crippen molar-refractivity contribution in [2.45, 2.75) is 131 Å². The first-order valence-corrected chi connectivity index (χ1v) is 45.1. The SMILES string of the molecule is Cc1cc(C(=O)O[C@@H]2[C@@H](OC(=O)c3cc(C)c(OCc4ccccc4)c(OCc4ccccc4)c3)[C@H](OC(=O)c3cc(OCc4ccccc4)c(OCc4ccccc4)c(OCc4ccccc4)c3)O[C@H](COC(=O)c3cc(OCc4ccccc4)c(OCc4ccccc4)c(OCc4ccccc4)c3)[C@H]2OC(=O)c2cc(C)c(C)c(OCc3ccccc3)c2)cc(OCc2ccccc2)c1C. The summed E-state index contributed by atoms with van der Waals surface area (Å²) in [6.07, 6.45) is -10.5. The van der Waals surface area contributed by atoms with Crippen molar-refractivity contribution in [1.29, 1.82) is 0 Å². The van der Waals surface area contributed by atoms with Gasteiger partial charge in [0, 0.05) is 0 Å². The highest BCUT2D eigenvalue weighted by molar-refractivity contribution is 5.94. The Hall–Kier alpha value is -16.4. The predicted octanol–water partition coefficient (Wildman–Crippen LogP) is 23.4. The van der Waals surface area contributed by atoms with Crippen LogP contribution in [-0.4, -0.2) is 67.2 Å². The Bertz CT molecular complexity index is 6430. The molecule has 1 saturated heterocycles. The van der Waals surface area contributed by atoms with Crippen LogP contribution < -0.4 is 47.4 Å². The number of hydrogen-bond acceptors (Lipinski definition) is 21. The van der Waals surface area contributed by atoms with Crippen LogP contribution >= 0.6 is 0 Å². The number of aryl methyl sites for hydroxylation is 3. The molecule has 21 nitrogen and oxygen atoms in total. The summed E-state index contributed by atoms with van der Waals surface area (Å²) in [5, 5.41) is 0. The number of carbonyl (C=O) groups is 5. The lowest BCUT2D eigenvalue weighted by Gasteiger charge is -2.44. The highest BCUT2D eigenvalue weighted by atomic mass is 16.7. The van der Waals surface area contributed by atoms with Gasteiger partial charge in [0.15, 0.2) is 46.7 Å². The van der Waals surface area contributed by atoms with Crippen LogP contribution in [0.25, 0.3) is 0 Å². The van der Waals surface area contributed by atoms with E-state index in [4.69, 9.17) is 75.8 Å². The maximum Gasteiger partial charge on any atom is 0.340 e. The molecule has 692 valence electrons. The third-order valence-electron chi connectivity index (χ3n) is 23.0. The van der Waals surface area contributed by atoms with Crippen LogP contribution in [0.5, 0.6) is 57.5 Å². The second-order valence-corrected chi connectivity index (χ2v) is 33.0. The lowest BCUT2D eigenvalue weighted by atomic mass is 9.97. The number of esters is 5. The fourth-order valence-corrected chi connectivity index (χ4v) is 15.3. The van der Waals surface area contributed by atoms with Crippen molar-refractivity contribution < 1.29 is 99.8 Å². The molecule has 15 aromatic carbocycles. The summed E-state index contributed by atoms with van der Waals surface area (Å²) < 4.78 is 108. The standard InChI is InChI=1S/C116H102O21/c1-77-56-92(59-97(80(77)4)122-66-82-36-16-6-17-37-82)112(118)134-108-104(76-132-111(117)95-62-100(125-69-85-42-22-9-23-43-85)106(130-74-90-52-32-14-33-53-90)101(63-95)126-70-86-44-24-10-25-45-86)133-116(137-115(121)96-64-102(127-71-87-46-26-11-27-47-87)107(131-75-91-54-34-15-35-55-91)103(65-96)128-72-88-48-28-12-29-49-88)110(109(108)135-113(119)93-57-78(2)81(5)98(60-93)123-67-83-38-18-7-19-39-83)136-114(120)94-58-79(3)105(129-73-89-50-30-13-31-51-89)99(61-94)124-68-84-40-20-8-21-41-84/h6-65,104,108-110,116H,66-76H2,1-5H3/t104-,108-,109+,110-,116+/m1/s1. The molecule has 21 heteroatoms. The molecule has 137 heavy (non-hydrogen) atoms. The molecule has 0 unspecified atom stereocenters. The third-order valence-corrected chi connectivity index (χ3v) is 23.0. The second-order valence-electron chi connectivity index (χ2n) is 33.0. The molecule has 0 spiro atoms. The Balaban J connectivity index is 0.863. The normalized spacial score (nSPS) is 14.2. The summed E-state index contributed by atoms with van der Waals surface area (Å²) in [5.41, 5.74) is 10.4. The average molecular weight is 1830 g/mol. The van der Waals surface area contributed by atoms with Gasteiger partial charge in [-0.2, -0.15) is 0 Å². The first-order chi connectivity index (χ1) is 67.0. The van der Waals surface area contributed by atoms with Gasteiger partial charge in [0.25, 0.3) is 0 Å². The van der Waals surface area contributed by atoms with Gasteiger partial charge in [0.05, 0.1) is 27.8 Å². The number of carbonyl (C=O) groups excluding carboxylic acids is 5. The maximum atomic E-state index is 16.4. The van der Waals surface area contributed by atoms with Crippen LogP contribution in [0.4, 0.5) is 0 Å². The van der Waals surface area contributed by atoms with Crippen LogP contribution in [0.1, 0.15) is 135 Å². The van der Waals surface area contributed by atoms with Crippen molar-refractivity contribution in [2.75, 3.05) is 6.61 Å². The summed E-state index contributed by atoms with van der Waals surface area (Å²) in [4.78, 5) is 81.1. The van der Waals surface area contributed by atoms with Crippen molar-refractivity contribution in [3.63, 3.8) is 0 Å². The fourth-order valence-electron chi connectivity index (χ4n) is 15.3. The molecule has 0 saturated carbocycles. The van der Waals surface area contributed by atoms with Crippen LogP contribution in [0.3, 0.4) is 0 Å². The zero-order valence-electron chi connectivity index (χ0n) is 76.4.